The lowest BCUT2D eigenvalue weighted by Gasteiger charge is -2.30. The molecule has 2 atom stereocenters. The van der Waals surface area contributed by atoms with E-state index < -0.39 is 0 Å². The Bertz CT molecular complexity index is 375. The summed E-state index contributed by atoms with van der Waals surface area (Å²) in [4.78, 5) is 2.32. The van der Waals surface area contributed by atoms with Gasteiger partial charge in [-0.25, -0.2) is 0 Å². The zero-order valence-corrected chi connectivity index (χ0v) is 12.6. The topological polar surface area (TPSA) is 28.4 Å². The maximum absolute atomic E-state index is 5.61. The first kappa shape index (κ1) is 14.6. The first-order chi connectivity index (χ1) is 9.15. The van der Waals surface area contributed by atoms with Gasteiger partial charge in [-0.2, -0.15) is 0 Å². The second-order valence-electron chi connectivity index (χ2n) is 6.07. The molecule has 0 aliphatic heterocycles. The Balaban J connectivity index is 1.64. The fourth-order valence-corrected chi connectivity index (χ4v) is 2.98. The molecule has 1 N–H and O–H groups in total. The molecule has 0 bridgehead atoms. The quantitative estimate of drug-likeness (QED) is 0.855. The van der Waals surface area contributed by atoms with Crippen molar-refractivity contribution in [1.29, 1.82) is 0 Å². The number of rotatable bonds is 6. The molecule has 2 unspecified atom stereocenters. The Morgan fingerprint density at radius 1 is 1.32 bits per heavy atom. The molecule has 1 aromatic rings. The van der Waals surface area contributed by atoms with Crippen molar-refractivity contribution in [1.82, 2.24) is 10.2 Å². The van der Waals surface area contributed by atoms with Gasteiger partial charge in [0.1, 0.15) is 11.5 Å². The molecule has 1 aliphatic rings. The number of aryl methyl sites for hydroxylation is 1. The summed E-state index contributed by atoms with van der Waals surface area (Å²) in [7, 11) is 2.16. The standard InChI is InChI=1S/C16H28N2O/c1-13-6-4-5-7-16(13)17-10-11-18(3)12-15-9-8-14(2)19-15/h8-9,13,16-17H,4-7,10-12H2,1-3H3. The normalized spacial score (nSPS) is 24.0. The van der Waals surface area contributed by atoms with E-state index in [1.807, 2.05) is 13.0 Å². The SMILES string of the molecule is Cc1ccc(CN(C)CCNC2CCCCC2C)o1. The van der Waals surface area contributed by atoms with Crippen LogP contribution in [0.2, 0.25) is 0 Å². The third-order valence-electron chi connectivity index (χ3n) is 4.23. The van der Waals surface area contributed by atoms with Gasteiger partial charge in [-0.05, 0) is 44.9 Å². The van der Waals surface area contributed by atoms with Gasteiger partial charge in [0, 0.05) is 19.1 Å². The minimum absolute atomic E-state index is 0.730. The van der Waals surface area contributed by atoms with Crippen molar-refractivity contribution in [3.8, 4) is 0 Å². The highest BCUT2D eigenvalue weighted by molar-refractivity contribution is 5.05. The number of hydrogen-bond donors (Lipinski definition) is 1. The van der Waals surface area contributed by atoms with E-state index in [1.165, 1.54) is 25.7 Å². The van der Waals surface area contributed by atoms with E-state index in [-0.39, 0.29) is 0 Å². The monoisotopic (exact) mass is 264 g/mol. The van der Waals surface area contributed by atoms with E-state index in [0.29, 0.717) is 0 Å². The molecule has 3 heteroatoms. The Morgan fingerprint density at radius 3 is 2.79 bits per heavy atom. The molecule has 0 saturated heterocycles. The third kappa shape index (κ3) is 4.66. The highest BCUT2D eigenvalue weighted by Gasteiger charge is 2.20. The van der Waals surface area contributed by atoms with Crippen molar-refractivity contribution in [3.05, 3.63) is 23.7 Å². The van der Waals surface area contributed by atoms with Gasteiger partial charge in [0.25, 0.3) is 0 Å². The van der Waals surface area contributed by atoms with Gasteiger partial charge < -0.3 is 9.73 Å². The van der Waals surface area contributed by atoms with Crippen molar-refractivity contribution in [2.75, 3.05) is 20.1 Å². The molecule has 1 fully saturated rings. The summed E-state index contributed by atoms with van der Waals surface area (Å²) in [6, 6.07) is 4.83. The fraction of sp³-hybridized carbons (Fsp3) is 0.750. The molecule has 19 heavy (non-hydrogen) atoms. The molecule has 0 spiro atoms. The van der Waals surface area contributed by atoms with E-state index in [1.54, 1.807) is 0 Å². The number of likely N-dealkylation sites (N-methyl/N-ethyl adjacent to an activating group) is 1. The van der Waals surface area contributed by atoms with Crippen LogP contribution < -0.4 is 5.32 Å². The Morgan fingerprint density at radius 2 is 2.11 bits per heavy atom. The molecule has 1 saturated carbocycles. The molecule has 1 aromatic heterocycles. The van der Waals surface area contributed by atoms with E-state index >= 15 is 0 Å². The second-order valence-corrected chi connectivity index (χ2v) is 6.07. The molecule has 1 heterocycles. The summed E-state index contributed by atoms with van der Waals surface area (Å²) in [6.45, 7) is 7.42. The fourth-order valence-electron chi connectivity index (χ4n) is 2.98. The molecule has 3 nitrogen and oxygen atoms in total. The van der Waals surface area contributed by atoms with Gasteiger partial charge >= 0.3 is 0 Å². The smallest absolute Gasteiger partial charge is 0.118 e. The van der Waals surface area contributed by atoms with E-state index in [9.17, 15) is 0 Å². The molecule has 108 valence electrons. The summed E-state index contributed by atoms with van der Waals surface area (Å²) < 4.78 is 5.61. The predicted molar refractivity (Wildman–Crippen MR) is 79.2 cm³/mol. The third-order valence-corrected chi connectivity index (χ3v) is 4.23. The number of nitrogens with one attached hydrogen (secondary N) is 1. The van der Waals surface area contributed by atoms with Crippen LogP contribution in [-0.2, 0) is 6.54 Å². The van der Waals surface area contributed by atoms with Crippen LogP contribution in [0.1, 0.15) is 44.1 Å². The van der Waals surface area contributed by atoms with E-state index in [2.05, 4.69) is 30.3 Å². The average molecular weight is 264 g/mol. The molecule has 0 aromatic carbocycles. The zero-order valence-electron chi connectivity index (χ0n) is 12.6. The number of nitrogens with zero attached hydrogens (tertiary/aromatic N) is 1. The predicted octanol–water partition coefficient (Wildman–Crippen LogP) is 3.19. The molecule has 1 aliphatic carbocycles. The minimum Gasteiger partial charge on any atom is -0.465 e. The van der Waals surface area contributed by atoms with Crippen LogP contribution in [0.15, 0.2) is 16.5 Å². The Kier molecular flexibility index (Phi) is 5.46. The van der Waals surface area contributed by atoms with Gasteiger partial charge in [0.05, 0.1) is 6.54 Å². The van der Waals surface area contributed by atoms with E-state index in [4.69, 9.17) is 4.42 Å². The first-order valence-corrected chi connectivity index (χ1v) is 7.62. The molecule has 2 rings (SSSR count). The summed E-state index contributed by atoms with van der Waals surface area (Å²) in [5.41, 5.74) is 0. The maximum Gasteiger partial charge on any atom is 0.118 e. The summed E-state index contributed by atoms with van der Waals surface area (Å²) in [5, 5.41) is 3.72. The van der Waals surface area contributed by atoms with Gasteiger partial charge in [0.15, 0.2) is 0 Å². The molecular formula is C16H28N2O. The lowest BCUT2D eigenvalue weighted by Crippen LogP contribution is -2.40. The zero-order chi connectivity index (χ0) is 13.7. The van der Waals surface area contributed by atoms with Crippen LogP contribution in [0.25, 0.3) is 0 Å². The lowest BCUT2D eigenvalue weighted by atomic mass is 9.86. The average Bonchev–Trinajstić information content (AvgIpc) is 2.77. The van der Waals surface area contributed by atoms with Crippen molar-refractivity contribution < 1.29 is 4.42 Å². The summed E-state index contributed by atoms with van der Waals surface area (Å²) in [6.07, 6.45) is 5.54. The number of hydrogen-bond acceptors (Lipinski definition) is 3. The molecule has 0 radical (unpaired) electrons. The summed E-state index contributed by atoms with van der Waals surface area (Å²) in [5.74, 6) is 2.90. The number of furan rings is 1. The van der Waals surface area contributed by atoms with Gasteiger partial charge in [-0.15, -0.1) is 0 Å². The van der Waals surface area contributed by atoms with Gasteiger partial charge in [-0.3, -0.25) is 4.90 Å². The summed E-state index contributed by atoms with van der Waals surface area (Å²) >= 11 is 0. The lowest BCUT2D eigenvalue weighted by molar-refractivity contribution is 0.250. The van der Waals surface area contributed by atoms with Crippen LogP contribution >= 0.6 is 0 Å². The van der Waals surface area contributed by atoms with Crippen molar-refractivity contribution >= 4 is 0 Å². The highest BCUT2D eigenvalue weighted by Crippen LogP contribution is 2.23. The highest BCUT2D eigenvalue weighted by atomic mass is 16.3. The Labute approximate surface area is 117 Å². The van der Waals surface area contributed by atoms with Gasteiger partial charge in [-0.1, -0.05) is 19.8 Å². The minimum atomic E-state index is 0.730. The van der Waals surface area contributed by atoms with Crippen LogP contribution in [0.4, 0.5) is 0 Å². The van der Waals surface area contributed by atoms with E-state index in [0.717, 1.165) is 43.1 Å². The first-order valence-electron chi connectivity index (χ1n) is 7.62. The van der Waals surface area contributed by atoms with Crippen molar-refractivity contribution in [2.24, 2.45) is 5.92 Å². The van der Waals surface area contributed by atoms with Gasteiger partial charge in [0.2, 0.25) is 0 Å². The second kappa shape index (κ2) is 7.11. The van der Waals surface area contributed by atoms with Crippen molar-refractivity contribution in [2.45, 2.75) is 52.1 Å². The Hall–Kier alpha value is -0.800. The van der Waals surface area contributed by atoms with Crippen LogP contribution in [0, 0.1) is 12.8 Å². The van der Waals surface area contributed by atoms with Crippen molar-refractivity contribution in [3.63, 3.8) is 0 Å². The van der Waals surface area contributed by atoms with Crippen LogP contribution in [0.3, 0.4) is 0 Å². The van der Waals surface area contributed by atoms with Crippen LogP contribution in [-0.4, -0.2) is 31.1 Å². The molecule has 0 amide bonds. The maximum atomic E-state index is 5.61. The largest absolute Gasteiger partial charge is 0.465 e. The van der Waals surface area contributed by atoms with Crippen LogP contribution in [0.5, 0.6) is 0 Å². The molecular weight excluding hydrogens is 236 g/mol.